The highest BCUT2D eigenvalue weighted by Crippen LogP contribution is 2.37. The SMILES string of the molecule is N#CC1CCCC1N1C(=O)CC(c2ccccc2)C1=O. The number of imide groups is 1. The predicted molar refractivity (Wildman–Crippen MR) is 72.4 cm³/mol. The highest BCUT2D eigenvalue weighted by Gasteiger charge is 2.46. The number of amides is 2. The van der Waals surface area contributed by atoms with E-state index in [4.69, 9.17) is 5.26 Å². The van der Waals surface area contributed by atoms with Crippen LogP contribution in [0, 0.1) is 17.2 Å². The van der Waals surface area contributed by atoms with Crippen molar-refractivity contribution in [2.75, 3.05) is 0 Å². The minimum atomic E-state index is -0.372. The molecule has 0 N–H and O–H groups in total. The summed E-state index contributed by atoms with van der Waals surface area (Å²) < 4.78 is 0. The van der Waals surface area contributed by atoms with Crippen LogP contribution in [0.2, 0.25) is 0 Å². The summed E-state index contributed by atoms with van der Waals surface area (Å²) in [4.78, 5) is 26.1. The van der Waals surface area contributed by atoms with Gasteiger partial charge in [-0.3, -0.25) is 14.5 Å². The molecule has 20 heavy (non-hydrogen) atoms. The van der Waals surface area contributed by atoms with Crippen LogP contribution >= 0.6 is 0 Å². The van der Waals surface area contributed by atoms with Crippen molar-refractivity contribution >= 4 is 11.8 Å². The van der Waals surface area contributed by atoms with Crippen LogP contribution in [0.15, 0.2) is 30.3 Å². The van der Waals surface area contributed by atoms with Crippen molar-refractivity contribution in [3.05, 3.63) is 35.9 Å². The van der Waals surface area contributed by atoms with Gasteiger partial charge in [-0.15, -0.1) is 0 Å². The second kappa shape index (κ2) is 5.09. The molecule has 1 heterocycles. The molecule has 0 spiro atoms. The lowest BCUT2D eigenvalue weighted by Gasteiger charge is -2.24. The van der Waals surface area contributed by atoms with Crippen LogP contribution in [0.1, 0.15) is 37.2 Å². The normalized spacial score (nSPS) is 29.8. The van der Waals surface area contributed by atoms with Gasteiger partial charge in [-0.05, 0) is 24.8 Å². The summed E-state index contributed by atoms with van der Waals surface area (Å²) in [6.45, 7) is 0. The van der Waals surface area contributed by atoms with Crippen molar-refractivity contribution < 1.29 is 9.59 Å². The number of nitrogens with zero attached hydrogens (tertiary/aromatic N) is 2. The van der Waals surface area contributed by atoms with Crippen LogP contribution in [-0.2, 0) is 9.59 Å². The van der Waals surface area contributed by atoms with Gasteiger partial charge in [0.2, 0.25) is 11.8 Å². The third-order valence-corrected chi connectivity index (χ3v) is 4.36. The van der Waals surface area contributed by atoms with Crippen LogP contribution in [0.4, 0.5) is 0 Å². The zero-order chi connectivity index (χ0) is 14.1. The largest absolute Gasteiger partial charge is 0.278 e. The molecule has 1 saturated carbocycles. The van der Waals surface area contributed by atoms with Crippen molar-refractivity contribution in [1.29, 1.82) is 5.26 Å². The second-order valence-corrected chi connectivity index (χ2v) is 5.50. The fraction of sp³-hybridized carbons (Fsp3) is 0.438. The molecule has 1 aromatic carbocycles. The van der Waals surface area contributed by atoms with E-state index in [0.717, 1.165) is 24.8 Å². The van der Waals surface area contributed by atoms with Gasteiger partial charge < -0.3 is 0 Å². The van der Waals surface area contributed by atoms with E-state index >= 15 is 0 Å². The molecule has 4 nitrogen and oxygen atoms in total. The van der Waals surface area contributed by atoms with E-state index < -0.39 is 0 Å². The Labute approximate surface area is 118 Å². The summed E-state index contributed by atoms with van der Waals surface area (Å²) in [5, 5.41) is 9.15. The second-order valence-electron chi connectivity index (χ2n) is 5.50. The van der Waals surface area contributed by atoms with E-state index in [1.54, 1.807) is 0 Å². The Morgan fingerprint density at radius 3 is 2.60 bits per heavy atom. The molecular weight excluding hydrogens is 252 g/mol. The zero-order valence-electron chi connectivity index (χ0n) is 11.2. The maximum absolute atomic E-state index is 12.6. The van der Waals surface area contributed by atoms with Crippen LogP contribution in [0.25, 0.3) is 0 Å². The molecule has 2 aliphatic rings. The highest BCUT2D eigenvalue weighted by molar-refractivity contribution is 6.06. The fourth-order valence-electron chi connectivity index (χ4n) is 3.35. The lowest BCUT2D eigenvalue weighted by atomic mass is 9.97. The topological polar surface area (TPSA) is 61.2 Å². The van der Waals surface area contributed by atoms with Gasteiger partial charge in [0.1, 0.15) is 0 Å². The smallest absolute Gasteiger partial charge is 0.237 e. The van der Waals surface area contributed by atoms with Crippen molar-refractivity contribution in [2.45, 2.75) is 37.6 Å². The molecule has 4 heteroatoms. The quantitative estimate of drug-likeness (QED) is 0.773. The highest BCUT2D eigenvalue weighted by atomic mass is 16.2. The Hall–Kier alpha value is -2.15. The average Bonchev–Trinajstić information content (AvgIpc) is 3.04. The van der Waals surface area contributed by atoms with Gasteiger partial charge in [-0.2, -0.15) is 5.26 Å². The van der Waals surface area contributed by atoms with Crippen molar-refractivity contribution in [1.82, 2.24) is 4.90 Å². The number of carbonyl (C=O) groups excluding carboxylic acids is 2. The number of hydrogen-bond donors (Lipinski definition) is 0. The molecule has 0 radical (unpaired) electrons. The van der Waals surface area contributed by atoms with Gasteiger partial charge >= 0.3 is 0 Å². The zero-order valence-corrected chi connectivity index (χ0v) is 11.2. The van der Waals surface area contributed by atoms with E-state index in [0.29, 0.717) is 0 Å². The molecule has 3 rings (SSSR count). The number of hydrogen-bond acceptors (Lipinski definition) is 3. The first kappa shape index (κ1) is 12.9. The molecule has 1 aliphatic carbocycles. The third kappa shape index (κ3) is 2.00. The molecular formula is C16H16N2O2. The van der Waals surface area contributed by atoms with Gasteiger partial charge in [0.25, 0.3) is 0 Å². The number of rotatable bonds is 2. The predicted octanol–water partition coefficient (Wildman–Crippen LogP) is 2.22. The number of nitriles is 1. The molecule has 2 amide bonds. The van der Waals surface area contributed by atoms with E-state index in [-0.39, 0.29) is 36.1 Å². The molecule has 1 aliphatic heterocycles. The van der Waals surface area contributed by atoms with E-state index in [9.17, 15) is 9.59 Å². The molecule has 102 valence electrons. The van der Waals surface area contributed by atoms with Gasteiger partial charge in [0, 0.05) is 6.42 Å². The first-order valence-electron chi connectivity index (χ1n) is 7.03. The van der Waals surface area contributed by atoms with Gasteiger partial charge in [-0.1, -0.05) is 30.3 Å². The molecule has 1 saturated heterocycles. The van der Waals surface area contributed by atoms with Crippen LogP contribution in [-0.4, -0.2) is 22.8 Å². The first-order chi connectivity index (χ1) is 9.72. The van der Waals surface area contributed by atoms with Gasteiger partial charge in [0.15, 0.2) is 0 Å². The van der Waals surface area contributed by atoms with Crippen LogP contribution in [0.3, 0.4) is 0 Å². The van der Waals surface area contributed by atoms with E-state index in [1.165, 1.54) is 4.90 Å². The van der Waals surface area contributed by atoms with Crippen molar-refractivity contribution in [2.24, 2.45) is 5.92 Å². The van der Waals surface area contributed by atoms with Crippen molar-refractivity contribution in [3.8, 4) is 6.07 Å². The summed E-state index contributed by atoms with van der Waals surface area (Å²) in [7, 11) is 0. The summed E-state index contributed by atoms with van der Waals surface area (Å²) in [6, 6.07) is 11.4. The summed E-state index contributed by atoms with van der Waals surface area (Å²) in [6.07, 6.45) is 2.69. The minimum Gasteiger partial charge on any atom is -0.278 e. The molecule has 3 atom stereocenters. The maximum Gasteiger partial charge on any atom is 0.237 e. The van der Waals surface area contributed by atoms with Crippen LogP contribution in [0.5, 0.6) is 0 Å². The number of likely N-dealkylation sites (tertiary alicyclic amines) is 1. The van der Waals surface area contributed by atoms with Gasteiger partial charge in [-0.25, -0.2) is 0 Å². The molecule has 1 aromatic rings. The monoisotopic (exact) mass is 268 g/mol. The van der Waals surface area contributed by atoms with E-state index in [2.05, 4.69) is 6.07 Å². The lowest BCUT2D eigenvalue weighted by molar-refractivity contribution is -0.141. The molecule has 0 aromatic heterocycles. The Kier molecular flexibility index (Phi) is 3.27. The molecule has 0 bridgehead atoms. The van der Waals surface area contributed by atoms with Gasteiger partial charge in [0.05, 0.1) is 23.9 Å². The first-order valence-corrected chi connectivity index (χ1v) is 7.03. The fourth-order valence-corrected chi connectivity index (χ4v) is 3.35. The maximum atomic E-state index is 12.6. The Bertz CT molecular complexity index is 576. The Balaban J connectivity index is 1.86. The minimum absolute atomic E-state index is 0.129. The Morgan fingerprint density at radius 1 is 1.15 bits per heavy atom. The van der Waals surface area contributed by atoms with Crippen molar-refractivity contribution in [3.63, 3.8) is 0 Å². The number of carbonyl (C=O) groups is 2. The Morgan fingerprint density at radius 2 is 1.90 bits per heavy atom. The summed E-state index contributed by atoms with van der Waals surface area (Å²) in [5.41, 5.74) is 0.889. The molecule has 2 fully saturated rings. The standard InChI is InChI=1S/C16H16N2O2/c17-10-12-7-4-8-14(12)18-15(19)9-13(16(18)20)11-5-2-1-3-6-11/h1-3,5-6,12-14H,4,7-9H2. The summed E-state index contributed by atoms with van der Waals surface area (Å²) >= 11 is 0. The van der Waals surface area contributed by atoms with Crippen LogP contribution < -0.4 is 0 Å². The third-order valence-electron chi connectivity index (χ3n) is 4.36. The lowest BCUT2D eigenvalue weighted by Crippen LogP contribution is -2.41. The average molecular weight is 268 g/mol. The van der Waals surface area contributed by atoms with E-state index in [1.807, 2.05) is 30.3 Å². The summed E-state index contributed by atoms with van der Waals surface area (Å²) in [5.74, 6) is -0.828. The number of benzene rings is 1. The molecule has 3 unspecified atom stereocenters.